The van der Waals surface area contributed by atoms with Crippen LogP contribution in [0.25, 0.3) is 0 Å². The first-order chi connectivity index (χ1) is 12.6. The largest absolute Gasteiger partial charge is 0.454 e. The zero-order chi connectivity index (χ0) is 18.1. The van der Waals surface area contributed by atoms with Crippen LogP contribution in [0.2, 0.25) is 0 Å². The Morgan fingerprint density at radius 2 is 2.04 bits per heavy atom. The van der Waals surface area contributed by atoms with Gasteiger partial charge in [-0.1, -0.05) is 11.3 Å². The van der Waals surface area contributed by atoms with Crippen LogP contribution in [0, 0.1) is 6.92 Å². The van der Waals surface area contributed by atoms with E-state index < -0.39 is 0 Å². The van der Waals surface area contributed by atoms with Crippen LogP contribution in [0.3, 0.4) is 0 Å². The maximum absolute atomic E-state index is 12.8. The standard InChI is InChI=1S/C18H23N5O3.ClH/c1-12-17(20-21-23(12)14-5-7-19-8-6-14)18(24)22(2)10-13-3-4-15-16(9-13)26-11-25-15;/h3-4,9,14,19H,5-8,10-11H2,1-2H3;1H. The number of fused-ring (bicyclic) bond motifs is 1. The summed E-state index contributed by atoms with van der Waals surface area (Å²) in [7, 11) is 1.77. The molecule has 0 bridgehead atoms. The van der Waals surface area contributed by atoms with E-state index in [4.69, 9.17) is 9.47 Å². The Morgan fingerprint density at radius 1 is 1.30 bits per heavy atom. The second kappa shape index (κ2) is 8.14. The van der Waals surface area contributed by atoms with Gasteiger partial charge < -0.3 is 19.7 Å². The number of halogens is 1. The summed E-state index contributed by atoms with van der Waals surface area (Å²) in [5.41, 5.74) is 2.24. The molecule has 1 aromatic heterocycles. The fourth-order valence-electron chi connectivity index (χ4n) is 3.50. The Balaban J connectivity index is 0.00000210. The van der Waals surface area contributed by atoms with E-state index in [1.54, 1.807) is 11.9 Å². The summed E-state index contributed by atoms with van der Waals surface area (Å²) < 4.78 is 12.6. The first-order valence-electron chi connectivity index (χ1n) is 8.90. The molecule has 0 spiro atoms. The number of amides is 1. The molecule has 0 unspecified atom stereocenters. The SMILES string of the molecule is Cc1c(C(=O)N(C)Cc2ccc3c(c2)OCO3)nnn1C1CCNCC1.Cl. The summed E-state index contributed by atoms with van der Waals surface area (Å²) in [4.78, 5) is 14.5. The third-order valence-electron chi connectivity index (χ3n) is 4.99. The van der Waals surface area contributed by atoms with E-state index in [0.29, 0.717) is 18.3 Å². The number of hydrogen-bond donors (Lipinski definition) is 1. The van der Waals surface area contributed by atoms with Crippen molar-refractivity contribution in [2.75, 3.05) is 26.9 Å². The lowest BCUT2D eigenvalue weighted by molar-refractivity contribution is 0.0778. The third kappa shape index (κ3) is 3.86. The highest BCUT2D eigenvalue weighted by Gasteiger charge is 2.25. The lowest BCUT2D eigenvalue weighted by Crippen LogP contribution is -2.30. The molecule has 1 amide bonds. The Labute approximate surface area is 164 Å². The molecule has 27 heavy (non-hydrogen) atoms. The molecule has 0 saturated carbocycles. The van der Waals surface area contributed by atoms with E-state index in [2.05, 4.69) is 15.6 Å². The number of benzene rings is 1. The van der Waals surface area contributed by atoms with E-state index >= 15 is 0 Å². The highest BCUT2D eigenvalue weighted by atomic mass is 35.5. The van der Waals surface area contributed by atoms with Gasteiger partial charge in [-0.05, 0) is 50.6 Å². The van der Waals surface area contributed by atoms with Crippen molar-refractivity contribution in [3.8, 4) is 11.5 Å². The van der Waals surface area contributed by atoms with Crippen molar-refractivity contribution in [2.45, 2.75) is 32.4 Å². The van der Waals surface area contributed by atoms with Crippen molar-refractivity contribution in [2.24, 2.45) is 0 Å². The Morgan fingerprint density at radius 3 is 2.81 bits per heavy atom. The van der Waals surface area contributed by atoms with Gasteiger partial charge in [-0.15, -0.1) is 17.5 Å². The van der Waals surface area contributed by atoms with Crippen molar-refractivity contribution < 1.29 is 14.3 Å². The monoisotopic (exact) mass is 393 g/mol. The molecule has 1 aromatic carbocycles. The summed E-state index contributed by atoms with van der Waals surface area (Å²) in [6, 6.07) is 6.03. The first kappa shape index (κ1) is 19.4. The molecular weight excluding hydrogens is 370 g/mol. The van der Waals surface area contributed by atoms with Crippen LogP contribution in [0.5, 0.6) is 11.5 Å². The van der Waals surface area contributed by atoms with Crippen molar-refractivity contribution >= 4 is 18.3 Å². The lowest BCUT2D eigenvalue weighted by Gasteiger charge is -2.23. The van der Waals surface area contributed by atoms with E-state index in [9.17, 15) is 4.79 Å². The fraction of sp³-hybridized carbons (Fsp3) is 0.500. The smallest absolute Gasteiger partial charge is 0.276 e. The molecule has 1 N–H and O–H groups in total. The van der Waals surface area contributed by atoms with Crippen molar-refractivity contribution in [1.82, 2.24) is 25.2 Å². The van der Waals surface area contributed by atoms with Gasteiger partial charge in [0, 0.05) is 13.6 Å². The molecule has 4 rings (SSSR count). The molecule has 9 heteroatoms. The number of carbonyl (C=O) groups is 1. The maximum Gasteiger partial charge on any atom is 0.276 e. The van der Waals surface area contributed by atoms with Gasteiger partial charge in [0.1, 0.15) is 0 Å². The lowest BCUT2D eigenvalue weighted by atomic mass is 10.1. The summed E-state index contributed by atoms with van der Waals surface area (Å²) in [6.45, 7) is 4.57. The topological polar surface area (TPSA) is 81.5 Å². The molecular formula is C18H24ClN5O3. The van der Waals surface area contributed by atoms with Crippen LogP contribution in [0.1, 0.15) is 40.6 Å². The molecule has 1 fully saturated rings. The highest BCUT2D eigenvalue weighted by molar-refractivity contribution is 5.93. The van der Waals surface area contributed by atoms with Crippen molar-refractivity contribution in [3.05, 3.63) is 35.2 Å². The predicted octanol–water partition coefficient (Wildman–Crippen LogP) is 1.93. The Kier molecular flexibility index (Phi) is 5.86. The summed E-state index contributed by atoms with van der Waals surface area (Å²) in [5, 5.41) is 11.8. The minimum Gasteiger partial charge on any atom is -0.454 e. The minimum atomic E-state index is -0.125. The molecule has 146 valence electrons. The van der Waals surface area contributed by atoms with Gasteiger partial charge in [0.25, 0.3) is 5.91 Å². The molecule has 0 atom stereocenters. The van der Waals surface area contributed by atoms with Gasteiger partial charge in [0.15, 0.2) is 17.2 Å². The number of ether oxygens (including phenoxy) is 2. The molecule has 0 radical (unpaired) electrons. The number of piperidine rings is 1. The number of aromatic nitrogens is 3. The van der Waals surface area contributed by atoms with Crippen LogP contribution in [0.4, 0.5) is 0 Å². The molecule has 2 aromatic rings. The van der Waals surface area contributed by atoms with Crippen LogP contribution >= 0.6 is 12.4 Å². The van der Waals surface area contributed by atoms with Gasteiger partial charge in [0.2, 0.25) is 6.79 Å². The average Bonchev–Trinajstić information content (AvgIpc) is 3.27. The van der Waals surface area contributed by atoms with Crippen LogP contribution in [0.15, 0.2) is 18.2 Å². The normalized spacial score (nSPS) is 16.1. The maximum atomic E-state index is 12.8. The summed E-state index contributed by atoms with van der Waals surface area (Å²) >= 11 is 0. The van der Waals surface area contributed by atoms with Crippen LogP contribution < -0.4 is 14.8 Å². The van der Waals surface area contributed by atoms with Crippen molar-refractivity contribution in [3.63, 3.8) is 0 Å². The van der Waals surface area contributed by atoms with Gasteiger partial charge in [-0.25, -0.2) is 4.68 Å². The first-order valence-corrected chi connectivity index (χ1v) is 8.90. The second-order valence-corrected chi connectivity index (χ2v) is 6.80. The zero-order valence-corrected chi connectivity index (χ0v) is 16.3. The number of nitrogens with zero attached hydrogens (tertiary/aromatic N) is 4. The Bertz CT molecular complexity index is 819. The zero-order valence-electron chi connectivity index (χ0n) is 15.5. The minimum absolute atomic E-state index is 0. The molecule has 1 saturated heterocycles. The van der Waals surface area contributed by atoms with E-state index in [1.165, 1.54) is 0 Å². The fourth-order valence-corrected chi connectivity index (χ4v) is 3.50. The van der Waals surface area contributed by atoms with Crippen LogP contribution in [-0.4, -0.2) is 52.7 Å². The highest BCUT2D eigenvalue weighted by Crippen LogP contribution is 2.32. The second-order valence-electron chi connectivity index (χ2n) is 6.80. The quantitative estimate of drug-likeness (QED) is 0.854. The van der Waals surface area contributed by atoms with Gasteiger partial charge >= 0.3 is 0 Å². The Hall–Kier alpha value is -2.32. The number of hydrogen-bond acceptors (Lipinski definition) is 6. The molecule has 3 heterocycles. The molecule has 2 aliphatic rings. The number of rotatable bonds is 4. The predicted molar refractivity (Wildman–Crippen MR) is 102 cm³/mol. The number of carbonyl (C=O) groups excluding carboxylic acids is 1. The molecule has 2 aliphatic heterocycles. The summed E-state index contributed by atoms with van der Waals surface area (Å²) in [5.74, 6) is 1.33. The number of nitrogens with one attached hydrogen (secondary N) is 1. The molecule has 0 aliphatic carbocycles. The van der Waals surface area contributed by atoms with Gasteiger partial charge in [-0.3, -0.25) is 4.79 Å². The average molecular weight is 394 g/mol. The van der Waals surface area contributed by atoms with Gasteiger partial charge in [0.05, 0.1) is 11.7 Å². The molecule has 8 nitrogen and oxygen atoms in total. The third-order valence-corrected chi connectivity index (χ3v) is 4.99. The van der Waals surface area contributed by atoms with Gasteiger partial charge in [-0.2, -0.15) is 0 Å². The summed E-state index contributed by atoms with van der Waals surface area (Å²) in [6.07, 6.45) is 2.01. The van der Waals surface area contributed by atoms with E-state index in [0.717, 1.165) is 48.7 Å². The van der Waals surface area contributed by atoms with Crippen molar-refractivity contribution in [1.29, 1.82) is 0 Å². The van der Waals surface area contributed by atoms with E-state index in [1.807, 2.05) is 29.8 Å². The van der Waals surface area contributed by atoms with Crippen LogP contribution in [-0.2, 0) is 6.54 Å². The van der Waals surface area contributed by atoms with E-state index in [-0.39, 0.29) is 25.1 Å².